The quantitative estimate of drug-likeness (QED) is 0.490. The zero-order valence-electron chi connectivity index (χ0n) is 14.1. The molecule has 4 rings (SSSR count). The highest BCUT2D eigenvalue weighted by Gasteiger charge is 2.14. The van der Waals surface area contributed by atoms with Crippen LogP contribution in [0.15, 0.2) is 59.3 Å². The summed E-state index contributed by atoms with van der Waals surface area (Å²) in [6.07, 6.45) is 4.02. The first-order chi connectivity index (χ1) is 13.1. The second kappa shape index (κ2) is 7.47. The number of oxazole rings is 1. The molecule has 5 nitrogen and oxygen atoms in total. The van der Waals surface area contributed by atoms with Gasteiger partial charge in [-0.1, -0.05) is 41.4 Å². The number of H-pyrrole nitrogens is 1. The Labute approximate surface area is 165 Å². The molecule has 0 fully saturated rings. The molecule has 2 N–H and O–H groups in total. The molecule has 0 saturated carbocycles. The Bertz CT molecular complexity index is 1120. The van der Waals surface area contributed by atoms with E-state index in [-0.39, 0.29) is 11.6 Å². The van der Waals surface area contributed by atoms with Gasteiger partial charge in [0.05, 0.1) is 10.0 Å². The van der Waals surface area contributed by atoms with Gasteiger partial charge in [0.1, 0.15) is 6.26 Å². The number of benzene rings is 2. The second-order valence-electron chi connectivity index (χ2n) is 6.03. The fourth-order valence-electron chi connectivity index (χ4n) is 2.88. The first kappa shape index (κ1) is 17.6. The van der Waals surface area contributed by atoms with Gasteiger partial charge in [-0.3, -0.25) is 4.79 Å². The van der Waals surface area contributed by atoms with Crippen LogP contribution in [0.25, 0.3) is 22.4 Å². The first-order valence-corrected chi connectivity index (χ1v) is 9.11. The molecule has 2 aromatic heterocycles. The SMILES string of the molecule is O=C(NCCc1c[nH]c2ccccc12)c1coc(-c2ccc(Cl)c(Cl)c2)n1. The summed E-state index contributed by atoms with van der Waals surface area (Å²) in [7, 11) is 0. The van der Waals surface area contributed by atoms with Crippen LogP contribution in [0.5, 0.6) is 0 Å². The molecular weight excluding hydrogens is 385 g/mol. The van der Waals surface area contributed by atoms with E-state index in [0.717, 1.165) is 16.5 Å². The largest absolute Gasteiger partial charge is 0.444 e. The minimum absolute atomic E-state index is 0.218. The highest BCUT2D eigenvalue weighted by atomic mass is 35.5. The van der Waals surface area contributed by atoms with E-state index in [0.29, 0.717) is 34.5 Å². The van der Waals surface area contributed by atoms with E-state index >= 15 is 0 Å². The number of carbonyl (C=O) groups excluding carboxylic acids is 1. The van der Waals surface area contributed by atoms with Crippen LogP contribution < -0.4 is 5.32 Å². The van der Waals surface area contributed by atoms with E-state index in [1.165, 1.54) is 6.26 Å². The molecule has 0 radical (unpaired) electrons. The van der Waals surface area contributed by atoms with Crippen molar-refractivity contribution in [1.82, 2.24) is 15.3 Å². The minimum Gasteiger partial charge on any atom is -0.444 e. The molecule has 1 amide bonds. The number of para-hydroxylation sites is 1. The second-order valence-corrected chi connectivity index (χ2v) is 6.85. The molecule has 0 aliphatic rings. The average molecular weight is 400 g/mol. The number of hydrogen-bond donors (Lipinski definition) is 2. The topological polar surface area (TPSA) is 70.9 Å². The monoisotopic (exact) mass is 399 g/mol. The van der Waals surface area contributed by atoms with Crippen LogP contribution in [0.2, 0.25) is 10.0 Å². The zero-order valence-corrected chi connectivity index (χ0v) is 15.6. The number of carbonyl (C=O) groups is 1. The Morgan fingerprint density at radius 2 is 2.00 bits per heavy atom. The number of rotatable bonds is 5. The number of nitrogens with zero attached hydrogens (tertiary/aromatic N) is 1. The van der Waals surface area contributed by atoms with Gasteiger partial charge in [0.25, 0.3) is 5.91 Å². The van der Waals surface area contributed by atoms with Crippen LogP contribution in [0.4, 0.5) is 0 Å². The molecule has 0 atom stereocenters. The van der Waals surface area contributed by atoms with E-state index in [4.69, 9.17) is 27.6 Å². The number of fused-ring (bicyclic) bond motifs is 1. The summed E-state index contributed by atoms with van der Waals surface area (Å²) in [5.74, 6) is 0.0280. The summed E-state index contributed by atoms with van der Waals surface area (Å²) in [4.78, 5) is 19.8. The zero-order chi connectivity index (χ0) is 18.8. The smallest absolute Gasteiger partial charge is 0.273 e. The third-order valence-corrected chi connectivity index (χ3v) is 5.00. The third-order valence-electron chi connectivity index (χ3n) is 4.26. The summed E-state index contributed by atoms with van der Waals surface area (Å²) >= 11 is 11.9. The summed E-state index contributed by atoms with van der Waals surface area (Å²) in [6.45, 7) is 0.496. The number of amides is 1. The molecule has 136 valence electrons. The Morgan fingerprint density at radius 3 is 2.85 bits per heavy atom. The Balaban J connectivity index is 1.40. The van der Waals surface area contributed by atoms with Crippen molar-refractivity contribution in [3.8, 4) is 11.5 Å². The average Bonchev–Trinajstić information content (AvgIpc) is 3.32. The van der Waals surface area contributed by atoms with E-state index in [9.17, 15) is 4.79 Å². The van der Waals surface area contributed by atoms with Gasteiger partial charge in [-0.05, 0) is 36.2 Å². The third kappa shape index (κ3) is 3.70. The molecule has 0 aliphatic carbocycles. The van der Waals surface area contributed by atoms with Gasteiger partial charge in [0.2, 0.25) is 5.89 Å². The Kier molecular flexibility index (Phi) is 4.88. The minimum atomic E-state index is -0.287. The van der Waals surface area contributed by atoms with Gasteiger partial charge < -0.3 is 14.7 Å². The molecule has 0 bridgehead atoms. The van der Waals surface area contributed by atoms with Gasteiger partial charge >= 0.3 is 0 Å². The van der Waals surface area contributed by atoms with Crippen LogP contribution in [0, 0.1) is 0 Å². The molecule has 4 aromatic rings. The normalized spacial score (nSPS) is 11.0. The molecule has 7 heteroatoms. The first-order valence-electron chi connectivity index (χ1n) is 8.36. The van der Waals surface area contributed by atoms with Crippen LogP contribution in [-0.2, 0) is 6.42 Å². The molecule has 27 heavy (non-hydrogen) atoms. The predicted octanol–water partition coefficient (Wildman–Crippen LogP) is 5.10. The number of halogens is 2. The number of hydrogen-bond acceptors (Lipinski definition) is 3. The van der Waals surface area contributed by atoms with Crippen LogP contribution in [0.3, 0.4) is 0 Å². The highest BCUT2D eigenvalue weighted by Crippen LogP contribution is 2.28. The van der Waals surface area contributed by atoms with Crippen molar-refractivity contribution in [3.63, 3.8) is 0 Å². The van der Waals surface area contributed by atoms with E-state index in [1.54, 1.807) is 18.2 Å². The van der Waals surface area contributed by atoms with Gasteiger partial charge in [0, 0.05) is 29.2 Å². The van der Waals surface area contributed by atoms with Crippen LogP contribution >= 0.6 is 23.2 Å². The van der Waals surface area contributed by atoms with E-state index in [2.05, 4.69) is 21.4 Å². The lowest BCUT2D eigenvalue weighted by atomic mass is 10.1. The molecule has 0 aliphatic heterocycles. The van der Waals surface area contributed by atoms with Gasteiger partial charge in [-0.25, -0.2) is 4.98 Å². The molecule has 0 unspecified atom stereocenters. The van der Waals surface area contributed by atoms with Gasteiger partial charge in [0.15, 0.2) is 5.69 Å². The van der Waals surface area contributed by atoms with Crippen molar-refractivity contribution in [2.24, 2.45) is 0 Å². The summed E-state index contributed by atoms with van der Waals surface area (Å²) in [5.41, 5.74) is 3.11. The molecule has 0 saturated heterocycles. The Hall–Kier alpha value is -2.76. The lowest BCUT2D eigenvalue weighted by Gasteiger charge is -2.02. The van der Waals surface area contributed by atoms with Crippen molar-refractivity contribution in [2.75, 3.05) is 6.54 Å². The Morgan fingerprint density at radius 1 is 1.15 bits per heavy atom. The molecule has 2 heterocycles. The van der Waals surface area contributed by atoms with Gasteiger partial charge in [-0.15, -0.1) is 0 Å². The maximum atomic E-state index is 12.3. The van der Waals surface area contributed by atoms with E-state index < -0.39 is 0 Å². The molecular formula is C20H15Cl2N3O2. The lowest BCUT2D eigenvalue weighted by Crippen LogP contribution is -2.25. The van der Waals surface area contributed by atoms with Crippen LogP contribution in [-0.4, -0.2) is 22.4 Å². The van der Waals surface area contributed by atoms with Crippen LogP contribution in [0.1, 0.15) is 16.1 Å². The fourth-order valence-corrected chi connectivity index (χ4v) is 3.18. The van der Waals surface area contributed by atoms with E-state index in [1.807, 2.05) is 24.4 Å². The number of aromatic amines is 1. The lowest BCUT2D eigenvalue weighted by molar-refractivity contribution is 0.0949. The van der Waals surface area contributed by atoms with Gasteiger partial charge in [-0.2, -0.15) is 0 Å². The predicted molar refractivity (Wildman–Crippen MR) is 106 cm³/mol. The van der Waals surface area contributed by atoms with Crippen molar-refractivity contribution >= 4 is 40.0 Å². The number of nitrogens with one attached hydrogen (secondary N) is 2. The highest BCUT2D eigenvalue weighted by molar-refractivity contribution is 6.42. The maximum absolute atomic E-state index is 12.3. The molecule has 2 aromatic carbocycles. The fraction of sp³-hybridized carbons (Fsp3) is 0.100. The molecule has 0 spiro atoms. The van der Waals surface area contributed by atoms with Crippen molar-refractivity contribution in [1.29, 1.82) is 0 Å². The van der Waals surface area contributed by atoms with Crippen molar-refractivity contribution in [3.05, 3.63) is 76.2 Å². The summed E-state index contributed by atoms with van der Waals surface area (Å²) in [5, 5.41) is 4.87. The standard InChI is InChI=1S/C20H15Cl2N3O2/c21-15-6-5-12(9-16(15)22)20-25-18(11-27-20)19(26)23-8-7-13-10-24-17-4-2-1-3-14(13)17/h1-6,9-11,24H,7-8H2,(H,23,26). The van der Waals surface area contributed by atoms with Crippen molar-refractivity contribution in [2.45, 2.75) is 6.42 Å². The number of aromatic nitrogens is 2. The summed E-state index contributed by atoms with van der Waals surface area (Å²) in [6, 6.07) is 13.1. The van der Waals surface area contributed by atoms with Crippen molar-refractivity contribution < 1.29 is 9.21 Å². The summed E-state index contributed by atoms with van der Waals surface area (Å²) < 4.78 is 5.40. The maximum Gasteiger partial charge on any atom is 0.273 e.